The molecule has 0 radical (unpaired) electrons. The molecule has 0 amide bonds. The highest BCUT2D eigenvalue weighted by Gasteiger charge is 2.07. The normalized spacial score (nSPS) is 11.2. The topological polar surface area (TPSA) is 53.1 Å². The Hall–Kier alpha value is -1.55. The van der Waals surface area contributed by atoms with Gasteiger partial charge in [0.05, 0.1) is 11.0 Å². The van der Waals surface area contributed by atoms with E-state index < -0.39 is 0 Å². The fourth-order valence-corrected chi connectivity index (χ4v) is 2.06. The lowest BCUT2D eigenvalue weighted by molar-refractivity contribution is 0.129. The molecule has 0 saturated carbocycles. The average molecular weight is 247 g/mol. The highest BCUT2D eigenvalue weighted by Crippen LogP contribution is 2.19. The zero-order valence-corrected chi connectivity index (χ0v) is 11.1. The van der Waals surface area contributed by atoms with Crippen LogP contribution in [0.4, 0.5) is 5.95 Å². The second kappa shape index (κ2) is 5.87. The van der Waals surface area contributed by atoms with Crippen molar-refractivity contribution in [3.8, 4) is 0 Å². The summed E-state index contributed by atoms with van der Waals surface area (Å²) in [6.45, 7) is 6.66. The number of anilines is 1. The number of nitrogens with two attached hydrogens (primary N) is 1. The lowest BCUT2D eigenvalue weighted by atomic mass is 10.2. The van der Waals surface area contributed by atoms with Gasteiger partial charge in [-0.05, 0) is 37.5 Å². The van der Waals surface area contributed by atoms with Crippen LogP contribution in [0.2, 0.25) is 0 Å². The molecule has 4 nitrogen and oxygen atoms in total. The molecule has 98 valence electrons. The van der Waals surface area contributed by atoms with Crippen LogP contribution in [-0.4, -0.2) is 22.8 Å². The maximum atomic E-state index is 5.96. The highest BCUT2D eigenvalue weighted by atomic mass is 16.5. The van der Waals surface area contributed by atoms with Gasteiger partial charge in [0.1, 0.15) is 0 Å². The Balaban J connectivity index is 2.07. The van der Waals surface area contributed by atoms with Crippen LogP contribution in [-0.2, 0) is 11.3 Å². The number of nitrogens with zero attached hydrogens (tertiary/aromatic N) is 2. The van der Waals surface area contributed by atoms with Crippen molar-refractivity contribution >= 4 is 17.0 Å². The summed E-state index contributed by atoms with van der Waals surface area (Å²) < 4.78 is 7.55. The highest BCUT2D eigenvalue weighted by molar-refractivity contribution is 5.79. The van der Waals surface area contributed by atoms with Crippen LogP contribution in [0.5, 0.6) is 0 Å². The van der Waals surface area contributed by atoms with E-state index in [1.54, 1.807) is 0 Å². The Kier molecular flexibility index (Phi) is 4.20. The predicted molar refractivity (Wildman–Crippen MR) is 74.6 cm³/mol. The molecule has 0 fully saturated rings. The number of ether oxygens (including phenoxy) is 1. The lowest BCUT2D eigenvalue weighted by Gasteiger charge is -2.07. The maximum Gasteiger partial charge on any atom is 0.201 e. The summed E-state index contributed by atoms with van der Waals surface area (Å²) in [6, 6.07) is 6.21. The van der Waals surface area contributed by atoms with Crippen molar-refractivity contribution in [1.29, 1.82) is 0 Å². The molecule has 0 spiro atoms. The van der Waals surface area contributed by atoms with Crippen molar-refractivity contribution in [2.24, 2.45) is 0 Å². The number of rotatable bonds is 6. The van der Waals surface area contributed by atoms with Crippen LogP contribution >= 0.6 is 0 Å². The van der Waals surface area contributed by atoms with Crippen LogP contribution in [0, 0.1) is 6.92 Å². The van der Waals surface area contributed by atoms with Gasteiger partial charge in [-0.2, -0.15) is 0 Å². The Labute approximate surface area is 108 Å². The van der Waals surface area contributed by atoms with Gasteiger partial charge >= 0.3 is 0 Å². The van der Waals surface area contributed by atoms with E-state index in [0.717, 1.165) is 43.6 Å². The Morgan fingerprint density at radius 3 is 2.94 bits per heavy atom. The summed E-state index contributed by atoms with van der Waals surface area (Å²) in [6.07, 6.45) is 2.03. The van der Waals surface area contributed by atoms with Gasteiger partial charge in [0.15, 0.2) is 0 Å². The van der Waals surface area contributed by atoms with Crippen molar-refractivity contribution in [3.63, 3.8) is 0 Å². The van der Waals surface area contributed by atoms with Gasteiger partial charge in [-0.15, -0.1) is 0 Å². The third kappa shape index (κ3) is 2.82. The average Bonchev–Trinajstić information content (AvgIpc) is 2.65. The molecule has 2 N–H and O–H groups in total. The molecule has 0 unspecified atom stereocenters. The fraction of sp³-hybridized carbons (Fsp3) is 0.500. The van der Waals surface area contributed by atoms with Gasteiger partial charge in [-0.1, -0.05) is 13.0 Å². The minimum Gasteiger partial charge on any atom is -0.381 e. The standard InChI is InChI=1S/C14H21N3O/c1-3-8-18-9-4-7-17-13-10-11(2)5-6-12(13)16-14(17)15/h5-6,10H,3-4,7-9H2,1-2H3,(H2,15,16). The molecule has 4 heteroatoms. The van der Waals surface area contributed by atoms with E-state index in [1.807, 2.05) is 6.07 Å². The molecular formula is C14H21N3O. The summed E-state index contributed by atoms with van der Waals surface area (Å²) in [4.78, 5) is 4.37. The van der Waals surface area contributed by atoms with E-state index >= 15 is 0 Å². The fourth-order valence-electron chi connectivity index (χ4n) is 2.06. The van der Waals surface area contributed by atoms with Gasteiger partial charge in [-0.25, -0.2) is 4.98 Å². The Morgan fingerprint density at radius 2 is 2.17 bits per heavy atom. The summed E-state index contributed by atoms with van der Waals surface area (Å²) >= 11 is 0. The van der Waals surface area contributed by atoms with Gasteiger partial charge in [0.25, 0.3) is 0 Å². The van der Waals surface area contributed by atoms with Crippen molar-refractivity contribution in [2.75, 3.05) is 18.9 Å². The molecule has 18 heavy (non-hydrogen) atoms. The van der Waals surface area contributed by atoms with Crippen LogP contribution in [0.15, 0.2) is 18.2 Å². The van der Waals surface area contributed by atoms with Crippen molar-refractivity contribution in [3.05, 3.63) is 23.8 Å². The van der Waals surface area contributed by atoms with E-state index in [0.29, 0.717) is 5.95 Å². The summed E-state index contributed by atoms with van der Waals surface area (Å²) in [5.74, 6) is 0.589. The number of hydrogen-bond acceptors (Lipinski definition) is 3. The molecular weight excluding hydrogens is 226 g/mol. The number of imidazole rings is 1. The van der Waals surface area contributed by atoms with Crippen molar-refractivity contribution < 1.29 is 4.74 Å². The zero-order chi connectivity index (χ0) is 13.0. The van der Waals surface area contributed by atoms with Crippen molar-refractivity contribution in [1.82, 2.24) is 9.55 Å². The first-order valence-electron chi connectivity index (χ1n) is 6.52. The van der Waals surface area contributed by atoms with Gasteiger partial charge < -0.3 is 15.0 Å². The smallest absolute Gasteiger partial charge is 0.201 e. The van der Waals surface area contributed by atoms with Crippen LogP contribution < -0.4 is 5.73 Å². The van der Waals surface area contributed by atoms with Gasteiger partial charge in [0, 0.05) is 19.8 Å². The third-order valence-electron chi connectivity index (χ3n) is 2.95. The van der Waals surface area contributed by atoms with Gasteiger partial charge in [0.2, 0.25) is 5.95 Å². The van der Waals surface area contributed by atoms with E-state index in [2.05, 4.69) is 35.5 Å². The summed E-state index contributed by atoms with van der Waals surface area (Å²) in [7, 11) is 0. The number of aryl methyl sites for hydroxylation is 2. The largest absolute Gasteiger partial charge is 0.381 e. The Morgan fingerprint density at radius 1 is 1.33 bits per heavy atom. The number of nitrogen functional groups attached to an aromatic ring is 1. The molecule has 1 aromatic heterocycles. The number of aromatic nitrogens is 2. The van der Waals surface area contributed by atoms with Crippen LogP contribution in [0.1, 0.15) is 25.3 Å². The third-order valence-corrected chi connectivity index (χ3v) is 2.95. The van der Waals surface area contributed by atoms with E-state index in [9.17, 15) is 0 Å². The van der Waals surface area contributed by atoms with Gasteiger partial charge in [-0.3, -0.25) is 0 Å². The summed E-state index contributed by atoms with van der Waals surface area (Å²) in [5.41, 5.74) is 9.26. The quantitative estimate of drug-likeness (QED) is 0.798. The second-order valence-corrected chi connectivity index (χ2v) is 4.58. The van der Waals surface area contributed by atoms with E-state index in [1.165, 1.54) is 5.56 Å². The molecule has 0 aliphatic carbocycles. The van der Waals surface area contributed by atoms with Crippen molar-refractivity contribution in [2.45, 2.75) is 33.2 Å². The monoisotopic (exact) mass is 247 g/mol. The predicted octanol–water partition coefficient (Wildman–Crippen LogP) is 2.74. The minimum atomic E-state index is 0.589. The SMILES string of the molecule is CCCOCCCn1c(N)nc2ccc(C)cc21. The Bertz CT molecular complexity index is 519. The van der Waals surface area contributed by atoms with E-state index in [4.69, 9.17) is 10.5 Å². The first-order chi connectivity index (χ1) is 8.72. The number of hydrogen-bond donors (Lipinski definition) is 1. The number of fused-ring (bicyclic) bond motifs is 1. The number of benzene rings is 1. The molecule has 1 heterocycles. The maximum absolute atomic E-state index is 5.96. The van der Waals surface area contributed by atoms with E-state index in [-0.39, 0.29) is 0 Å². The van der Waals surface area contributed by atoms with Crippen LogP contribution in [0.25, 0.3) is 11.0 Å². The molecule has 2 aromatic rings. The molecule has 1 aromatic carbocycles. The second-order valence-electron chi connectivity index (χ2n) is 4.58. The molecule has 2 rings (SSSR count). The molecule has 0 aliphatic heterocycles. The first-order valence-corrected chi connectivity index (χ1v) is 6.52. The molecule has 0 aliphatic rings. The van der Waals surface area contributed by atoms with Crippen LogP contribution in [0.3, 0.4) is 0 Å². The first kappa shape index (κ1) is 12.9. The molecule has 0 atom stereocenters. The minimum absolute atomic E-state index is 0.589. The summed E-state index contributed by atoms with van der Waals surface area (Å²) in [5, 5.41) is 0. The molecule has 0 saturated heterocycles. The zero-order valence-electron chi connectivity index (χ0n) is 11.1. The molecule has 0 bridgehead atoms. The lowest BCUT2D eigenvalue weighted by Crippen LogP contribution is -2.06.